The van der Waals surface area contributed by atoms with Crippen molar-refractivity contribution >= 4 is 13.7 Å². The first-order valence-corrected chi connectivity index (χ1v) is 40.9. The summed E-state index contributed by atoms with van der Waals surface area (Å²) in [6.07, 6.45) is 109. The highest BCUT2D eigenvalue weighted by atomic mass is 31.2. The van der Waals surface area contributed by atoms with Gasteiger partial charge in [0.05, 0.1) is 39.9 Å². The lowest BCUT2D eigenvalue weighted by Gasteiger charge is -2.29. The Labute approximate surface area is 577 Å². The molecule has 0 spiro atoms. The molecule has 0 rings (SSSR count). The first-order chi connectivity index (χ1) is 45.5. The fourth-order valence-corrected chi connectivity index (χ4v) is 12.1. The molecule has 8 nitrogen and oxygen atoms in total. The van der Waals surface area contributed by atoms with Crippen molar-refractivity contribution in [3.05, 3.63) is 122 Å². The molecule has 0 aromatic rings. The maximum atomic E-state index is 13.1. The van der Waals surface area contributed by atoms with E-state index in [0.29, 0.717) is 17.4 Å². The summed E-state index contributed by atoms with van der Waals surface area (Å²) in [4.78, 5) is 25.7. The van der Waals surface area contributed by atoms with Crippen LogP contribution in [0.1, 0.15) is 354 Å². The maximum absolute atomic E-state index is 13.1. The molecule has 0 aromatic heterocycles. The number of nitrogens with one attached hydrogen (secondary N) is 1. The molecule has 0 radical (unpaired) electrons. The molecule has 0 aromatic carbocycles. The number of phosphoric acid groups is 1. The molecule has 0 fully saturated rings. The van der Waals surface area contributed by atoms with Crippen LogP contribution in [0.5, 0.6) is 0 Å². The number of quaternary nitrogens is 1. The second-order valence-corrected chi connectivity index (χ2v) is 29.1. The molecule has 93 heavy (non-hydrogen) atoms. The molecular weight excluding hydrogens is 1160 g/mol. The topological polar surface area (TPSA) is 108 Å². The smallest absolute Gasteiger partial charge is 0.268 e. The molecule has 0 aliphatic carbocycles. The van der Waals surface area contributed by atoms with Crippen molar-refractivity contribution in [2.45, 2.75) is 366 Å². The van der Waals surface area contributed by atoms with Crippen molar-refractivity contribution in [1.82, 2.24) is 5.32 Å². The van der Waals surface area contributed by atoms with E-state index in [9.17, 15) is 19.4 Å². The molecule has 0 heterocycles. The second-order valence-electron chi connectivity index (χ2n) is 27.7. The largest absolute Gasteiger partial charge is 0.756 e. The van der Waals surface area contributed by atoms with Gasteiger partial charge >= 0.3 is 0 Å². The lowest BCUT2D eigenvalue weighted by molar-refractivity contribution is -0.870. The zero-order chi connectivity index (χ0) is 67.6. The van der Waals surface area contributed by atoms with Crippen molar-refractivity contribution in [2.75, 3.05) is 40.9 Å². The molecule has 2 N–H and O–H groups in total. The Bertz CT molecular complexity index is 1940. The van der Waals surface area contributed by atoms with E-state index < -0.39 is 26.6 Å². The highest BCUT2D eigenvalue weighted by Crippen LogP contribution is 2.38. The first-order valence-electron chi connectivity index (χ1n) is 39.4. The third kappa shape index (κ3) is 76.1. The van der Waals surface area contributed by atoms with E-state index in [1.165, 1.54) is 244 Å². The van der Waals surface area contributed by atoms with Gasteiger partial charge in [-0.25, -0.2) is 0 Å². The van der Waals surface area contributed by atoms with Crippen molar-refractivity contribution in [3.8, 4) is 0 Å². The number of phosphoric ester groups is 1. The predicted octanol–water partition coefficient (Wildman–Crippen LogP) is 25.3. The summed E-state index contributed by atoms with van der Waals surface area (Å²) in [5, 5.41) is 14.0. The number of hydrogen-bond acceptors (Lipinski definition) is 6. The van der Waals surface area contributed by atoms with E-state index in [-0.39, 0.29) is 12.5 Å². The van der Waals surface area contributed by atoms with Crippen LogP contribution in [-0.4, -0.2) is 68.5 Å². The molecule has 0 saturated heterocycles. The molecule has 538 valence electrons. The van der Waals surface area contributed by atoms with Gasteiger partial charge in [-0.1, -0.05) is 373 Å². The van der Waals surface area contributed by atoms with Gasteiger partial charge in [-0.2, -0.15) is 0 Å². The van der Waals surface area contributed by atoms with E-state index in [0.717, 1.165) is 89.9 Å². The number of rotatable bonds is 72. The van der Waals surface area contributed by atoms with E-state index in [4.69, 9.17) is 9.05 Å². The van der Waals surface area contributed by atoms with E-state index >= 15 is 0 Å². The van der Waals surface area contributed by atoms with Crippen molar-refractivity contribution in [2.24, 2.45) is 0 Å². The van der Waals surface area contributed by atoms with Gasteiger partial charge in [0.2, 0.25) is 5.91 Å². The number of carbonyl (C=O) groups is 1. The van der Waals surface area contributed by atoms with Crippen LogP contribution in [0.15, 0.2) is 122 Å². The third-order valence-electron chi connectivity index (χ3n) is 17.4. The summed E-state index contributed by atoms with van der Waals surface area (Å²) in [7, 11) is 1.25. The van der Waals surface area contributed by atoms with Crippen molar-refractivity contribution < 1.29 is 32.9 Å². The molecular formula is C84H151N2O6P. The zero-order valence-electron chi connectivity index (χ0n) is 61.7. The normalized spacial score (nSPS) is 14.2. The Morgan fingerprint density at radius 1 is 0.387 bits per heavy atom. The van der Waals surface area contributed by atoms with Gasteiger partial charge in [0.1, 0.15) is 13.2 Å². The molecule has 0 aliphatic heterocycles. The quantitative estimate of drug-likeness (QED) is 0.0272. The molecule has 3 atom stereocenters. The summed E-state index contributed by atoms with van der Waals surface area (Å²) in [5.41, 5.74) is 0. The highest BCUT2D eigenvalue weighted by Gasteiger charge is 2.23. The number of nitrogens with zero attached hydrogens (tertiary/aromatic N) is 1. The van der Waals surface area contributed by atoms with Gasteiger partial charge in [0.25, 0.3) is 7.82 Å². The third-order valence-corrected chi connectivity index (χ3v) is 18.4. The Kier molecular flexibility index (Phi) is 70.7. The number of amides is 1. The molecule has 1 amide bonds. The van der Waals surface area contributed by atoms with Crippen LogP contribution >= 0.6 is 7.82 Å². The zero-order valence-corrected chi connectivity index (χ0v) is 62.6. The number of likely N-dealkylation sites (N-methyl/N-ethyl adjacent to an activating group) is 1. The van der Waals surface area contributed by atoms with Gasteiger partial charge < -0.3 is 28.8 Å². The number of aliphatic hydroxyl groups is 1. The summed E-state index contributed by atoms with van der Waals surface area (Å²) >= 11 is 0. The van der Waals surface area contributed by atoms with Gasteiger partial charge in [-0.05, 0) is 96.3 Å². The van der Waals surface area contributed by atoms with Gasteiger partial charge in [-0.3, -0.25) is 9.36 Å². The van der Waals surface area contributed by atoms with Crippen molar-refractivity contribution in [1.29, 1.82) is 0 Å². The first kappa shape index (κ1) is 89.9. The van der Waals surface area contributed by atoms with Crippen LogP contribution in [0, 0.1) is 0 Å². The minimum Gasteiger partial charge on any atom is -0.756 e. The lowest BCUT2D eigenvalue weighted by atomic mass is 10.0. The van der Waals surface area contributed by atoms with Gasteiger partial charge in [0, 0.05) is 6.42 Å². The molecule has 9 heteroatoms. The average Bonchev–Trinajstić information content (AvgIpc) is 2.75. The summed E-state index contributed by atoms with van der Waals surface area (Å²) in [6, 6.07) is -0.911. The number of allylic oxidation sites excluding steroid dienone is 19. The summed E-state index contributed by atoms with van der Waals surface area (Å²) < 4.78 is 23.5. The fraction of sp³-hybridized carbons (Fsp3) is 0.750. The number of unbranched alkanes of at least 4 members (excludes halogenated alkanes) is 41. The number of aliphatic hydroxyl groups excluding tert-OH is 1. The van der Waals surface area contributed by atoms with E-state index in [1.807, 2.05) is 27.2 Å². The molecule has 0 saturated carbocycles. The standard InChI is InChI=1S/C84H151N2O6P/c1-6-8-10-12-14-16-18-20-22-24-26-28-30-32-34-36-38-39-40-41-42-43-44-45-46-47-48-50-52-54-56-58-60-62-64-66-68-70-72-74-76-78-84(88)85-82(81-92-93(89,90)91-80-79-86(3,4)5)83(87)77-75-73-71-69-67-65-63-61-59-57-55-53-51-49-37-35-33-31-29-27-25-23-21-19-17-15-13-11-9-7-2/h8,10,14,16,20,22,26,28,32,34,38-39,41-42,44-45,67,69,75,77,82-83,87H,6-7,9,11-13,15,17-19,21,23-25,27,29-31,33,35-37,40,43,46-66,68,70-74,76,78-81H2,1-5H3,(H-,85,88,89,90)/b10-8-,16-14-,22-20-,28-26-,34-32-,39-38-,42-41-,45-44-,69-67+,77-75+. The van der Waals surface area contributed by atoms with Crippen LogP contribution in [0.25, 0.3) is 0 Å². The minimum absolute atomic E-state index is 0.00937. The van der Waals surface area contributed by atoms with E-state index in [2.05, 4.69) is 129 Å². The monoisotopic (exact) mass is 1320 g/mol. The number of hydrogen-bond donors (Lipinski definition) is 2. The average molecular weight is 1320 g/mol. The van der Waals surface area contributed by atoms with Crippen LogP contribution in [0.3, 0.4) is 0 Å². The minimum atomic E-state index is -4.62. The van der Waals surface area contributed by atoms with Crippen LogP contribution < -0.4 is 10.2 Å². The molecule has 0 bridgehead atoms. The molecule has 0 aliphatic rings. The molecule has 3 unspecified atom stereocenters. The van der Waals surface area contributed by atoms with E-state index in [1.54, 1.807) is 6.08 Å². The predicted molar refractivity (Wildman–Crippen MR) is 408 cm³/mol. The Morgan fingerprint density at radius 2 is 0.667 bits per heavy atom. The maximum Gasteiger partial charge on any atom is 0.268 e. The van der Waals surface area contributed by atoms with Gasteiger partial charge in [0.15, 0.2) is 0 Å². The highest BCUT2D eigenvalue weighted by molar-refractivity contribution is 7.45. The Morgan fingerprint density at radius 3 is 1.00 bits per heavy atom. The SMILES string of the molecule is CC/C=C\C/C=C\C/C=C\C/C=C\C/C=C\C/C=C\C/C=C\C/C=C\CCCCCCCCCCCCCCCCCCC(=O)NC(COP(=O)([O-])OCC[N+](C)(C)C)C(O)/C=C/CC/C=C/CCCCCCCCCCCCCCCCCCCCCCCCCC. The van der Waals surface area contributed by atoms with Crippen molar-refractivity contribution in [3.63, 3.8) is 0 Å². The van der Waals surface area contributed by atoms with Crippen LogP contribution in [0.4, 0.5) is 0 Å². The van der Waals surface area contributed by atoms with Gasteiger partial charge in [-0.15, -0.1) is 0 Å². The lowest BCUT2D eigenvalue weighted by Crippen LogP contribution is -2.45. The number of carbonyl (C=O) groups excluding carboxylic acids is 1. The second kappa shape index (κ2) is 73.2. The van der Waals surface area contributed by atoms with Crippen LogP contribution in [-0.2, 0) is 18.4 Å². The van der Waals surface area contributed by atoms with Crippen LogP contribution in [0.2, 0.25) is 0 Å². The Balaban J connectivity index is 4.04. The summed E-state index contributed by atoms with van der Waals surface area (Å²) in [6.45, 7) is 4.55. The summed E-state index contributed by atoms with van der Waals surface area (Å²) in [5.74, 6) is -0.206. The fourth-order valence-electron chi connectivity index (χ4n) is 11.4. The Hall–Kier alpha value is -3.10.